The van der Waals surface area contributed by atoms with Crippen molar-refractivity contribution in [1.29, 1.82) is 0 Å². The fourth-order valence-electron chi connectivity index (χ4n) is 1.27. The monoisotopic (exact) mass is 188 g/mol. The third kappa shape index (κ3) is 1.90. The summed E-state index contributed by atoms with van der Waals surface area (Å²) in [5, 5.41) is 7.60. The molecule has 0 radical (unpaired) electrons. The number of nitrogens with two attached hydrogens (primary N) is 1. The summed E-state index contributed by atoms with van der Waals surface area (Å²) in [6.45, 7) is 2.78. The number of nitrogen functional groups attached to an aromatic ring is 1. The Labute approximate surface area is 82.4 Å². The maximum Gasteiger partial charge on any atom is 0.165 e. The van der Waals surface area contributed by atoms with Crippen LogP contribution in [0.25, 0.3) is 0 Å². The predicted octanol–water partition coefficient (Wildman–Crippen LogP) is 1.22. The molecule has 0 aliphatic carbocycles. The first-order valence-electron chi connectivity index (χ1n) is 4.45. The average Bonchev–Trinajstić information content (AvgIpc) is 2.56. The Morgan fingerprint density at radius 1 is 1.29 bits per heavy atom. The second-order valence-corrected chi connectivity index (χ2v) is 3.33. The number of hydrogen-bond donors (Lipinski definition) is 1. The van der Waals surface area contributed by atoms with Crippen LogP contribution >= 0.6 is 0 Å². The average molecular weight is 188 g/mol. The normalized spacial score (nSPS) is 10.4. The van der Waals surface area contributed by atoms with E-state index in [2.05, 4.69) is 41.5 Å². The van der Waals surface area contributed by atoms with Gasteiger partial charge in [0.2, 0.25) is 0 Å². The highest BCUT2D eigenvalue weighted by molar-refractivity contribution is 5.23. The van der Waals surface area contributed by atoms with E-state index in [9.17, 15) is 0 Å². The molecule has 0 bridgehead atoms. The third-order valence-electron chi connectivity index (χ3n) is 2.02. The smallest absolute Gasteiger partial charge is 0.165 e. The van der Waals surface area contributed by atoms with Crippen LogP contribution in [0.5, 0.6) is 0 Å². The van der Waals surface area contributed by atoms with Gasteiger partial charge < -0.3 is 5.73 Å². The van der Waals surface area contributed by atoms with Crippen LogP contribution in [-0.4, -0.2) is 15.0 Å². The summed E-state index contributed by atoms with van der Waals surface area (Å²) in [6.07, 6.45) is 1.72. The number of aryl methyl sites for hydroxylation is 1. The van der Waals surface area contributed by atoms with Crippen LogP contribution in [0.15, 0.2) is 30.5 Å². The van der Waals surface area contributed by atoms with Crippen LogP contribution in [-0.2, 0) is 6.54 Å². The molecule has 1 aromatic carbocycles. The Morgan fingerprint density at radius 2 is 2.00 bits per heavy atom. The van der Waals surface area contributed by atoms with E-state index in [4.69, 9.17) is 5.73 Å². The predicted molar refractivity (Wildman–Crippen MR) is 54.7 cm³/mol. The van der Waals surface area contributed by atoms with E-state index >= 15 is 0 Å². The zero-order valence-electron chi connectivity index (χ0n) is 8.01. The number of anilines is 1. The second-order valence-electron chi connectivity index (χ2n) is 3.33. The standard InChI is InChI=1S/C10H12N4/c1-8-2-4-9(5-3-8)6-14-7-10(11)12-13-14/h2-5,7H,6,11H2,1H3. The Bertz CT molecular complexity index is 416. The molecule has 0 atom stereocenters. The number of hydrogen-bond acceptors (Lipinski definition) is 3. The van der Waals surface area contributed by atoms with Crippen molar-refractivity contribution in [3.63, 3.8) is 0 Å². The van der Waals surface area contributed by atoms with Gasteiger partial charge in [-0.1, -0.05) is 35.0 Å². The third-order valence-corrected chi connectivity index (χ3v) is 2.02. The first-order valence-corrected chi connectivity index (χ1v) is 4.45. The van der Waals surface area contributed by atoms with E-state index in [0.717, 1.165) is 0 Å². The van der Waals surface area contributed by atoms with Crippen LogP contribution < -0.4 is 5.73 Å². The maximum atomic E-state index is 5.46. The molecule has 0 aliphatic rings. The minimum absolute atomic E-state index is 0.456. The molecule has 0 amide bonds. The quantitative estimate of drug-likeness (QED) is 0.770. The lowest BCUT2D eigenvalue weighted by molar-refractivity contribution is 0.649. The molecule has 1 heterocycles. The lowest BCUT2D eigenvalue weighted by atomic mass is 10.1. The minimum Gasteiger partial charge on any atom is -0.381 e. The zero-order chi connectivity index (χ0) is 9.97. The van der Waals surface area contributed by atoms with Crippen molar-refractivity contribution in [2.45, 2.75) is 13.5 Å². The molecular formula is C10H12N4. The molecule has 1 aromatic heterocycles. The molecule has 72 valence electrons. The van der Waals surface area contributed by atoms with Gasteiger partial charge in [-0.2, -0.15) is 0 Å². The van der Waals surface area contributed by atoms with E-state index in [1.807, 2.05) is 0 Å². The highest BCUT2D eigenvalue weighted by Crippen LogP contribution is 2.05. The summed E-state index contributed by atoms with van der Waals surface area (Å²) in [7, 11) is 0. The molecule has 2 N–H and O–H groups in total. The van der Waals surface area contributed by atoms with Gasteiger partial charge in [0.1, 0.15) is 0 Å². The van der Waals surface area contributed by atoms with Crippen LogP contribution in [0.1, 0.15) is 11.1 Å². The molecule has 0 spiro atoms. The van der Waals surface area contributed by atoms with Crippen molar-refractivity contribution < 1.29 is 0 Å². The number of nitrogens with zero attached hydrogens (tertiary/aromatic N) is 3. The zero-order valence-corrected chi connectivity index (χ0v) is 8.01. The lowest BCUT2D eigenvalue weighted by Crippen LogP contribution is -2.00. The van der Waals surface area contributed by atoms with Gasteiger partial charge in [-0.15, -0.1) is 5.10 Å². The largest absolute Gasteiger partial charge is 0.381 e. The first kappa shape index (κ1) is 8.74. The van der Waals surface area contributed by atoms with Gasteiger partial charge in [-0.25, -0.2) is 4.68 Å². The van der Waals surface area contributed by atoms with E-state index in [0.29, 0.717) is 12.4 Å². The fourth-order valence-corrected chi connectivity index (χ4v) is 1.27. The van der Waals surface area contributed by atoms with Crippen molar-refractivity contribution >= 4 is 5.82 Å². The van der Waals surface area contributed by atoms with Gasteiger partial charge in [0, 0.05) is 0 Å². The van der Waals surface area contributed by atoms with Crippen LogP contribution in [0.3, 0.4) is 0 Å². The van der Waals surface area contributed by atoms with Crippen LogP contribution in [0.2, 0.25) is 0 Å². The summed E-state index contributed by atoms with van der Waals surface area (Å²) in [6, 6.07) is 8.31. The van der Waals surface area contributed by atoms with Crippen molar-refractivity contribution in [2.24, 2.45) is 0 Å². The maximum absolute atomic E-state index is 5.46. The lowest BCUT2D eigenvalue weighted by Gasteiger charge is -2.00. The van der Waals surface area contributed by atoms with Gasteiger partial charge in [0.25, 0.3) is 0 Å². The molecule has 4 nitrogen and oxygen atoms in total. The number of rotatable bonds is 2. The fraction of sp³-hybridized carbons (Fsp3) is 0.200. The van der Waals surface area contributed by atoms with E-state index in [-0.39, 0.29) is 0 Å². The number of aromatic nitrogens is 3. The molecule has 4 heteroatoms. The Balaban J connectivity index is 2.15. The van der Waals surface area contributed by atoms with Crippen LogP contribution in [0.4, 0.5) is 5.82 Å². The number of benzene rings is 1. The molecular weight excluding hydrogens is 176 g/mol. The first-order chi connectivity index (χ1) is 6.74. The van der Waals surface area contributed by atoms with E-state index in [1.165, 1.54) is 11.1 Å². The van der Waals surface area contributed by atoms with Gasteiger partial charge >= 0.3 is 0 Å². The van der Waals surface area contributed by atoms with E-state index < -0.39 is 0 Å². The molecule has 2 rings (SSSR count). The molecule has 0 unspecified atom stereocenters. The van der Waals surface area contributed by atoms with Crippen molar-refractivity contribution in [3.05, 3.63) is 41.6 Å². The highest BCUT2D eigenvalue weighted by Gasteiger charge is 1.97. The van der Waals surface area contributed by atoms with Gasteiger partial charge in [-0.3, -0.25) is 0 Å². The minimum atomic E-state index is 0.456. The molecule has 0 fully saturated rings. The molecule has 0 aliphatic heterocycles. The topological polar surface area (TPSA) is 56.7 Å². The molecule has 0 saturated heterocycles. The highest BCUT2D eigenvalue weighted by atomic mass is 15.4. The van der Waals surface area contributed by atoms with Gasteiger partial charge in [0.15, 0.2) is 5.82 Å². The summed E-state index contributed by atoms with van der Waals surface area (Å²) < 4.78 is 1.72. The summed E-state index contributed by atoms with van der Waals surface area (Å²) in [5.74, 6) is 0.456. The second kappa shape index (κ2) is 3.49. The Hall–Kier alpha value is -1.84. The Morgan fingerprint density at radius 3 is 2.57 bits per heavy atom. The van der Waals surface area contributed by atoms with E-state index in [1.54, 1.807) is 10.9 Å². The summed E-state index contributed by atoms with van der Waals surface area (Å²) in [4.78, 5) is 0. The van der Waals surface area contributed by atoms with Gasteiger partial charge in [0.05, 0.1) is 12.7 Å². The molecule has 14 heavy (non-hydrogen) atoms. The SMILES string of the molecule is Cc1ccc(Cn2cc(N)nn2)cc1. The molecule has 2 aromatic rings. The summed E-state index contributed by atoms with van der Waals surface area (Å²) in [5.41, 5.74) is 7.91. The van der Waals surface area contributed by atoms with Crippen molar-refractivity contribution in [1.82, 2.24) is 15.0 Å². The van der Waals surface area contributed by atoms with Crippen LogP contribution in [0, 0.1) is 6.92 Å². The summed E-state index contributed by atoms with van der Waals surface area (Å²) >= 11 is 0. The molecule has 0 saturated carbocycles. The van der Waals surface area contributed by atoms with Crippen molar-refractivity contribution in [3.8, 4) is 0 Å². The van der Waals surface area contributed by atoms with Crippen molar-refractivity contribution in [2.75, 3.05) is 5.73 Å². The Kier molecular flexibility index (Phi) is 2.18. The van der Waals surface area contributed by atoms with Gasteiger partial charge in [-0.05, 0) is 12.5 Å².